The van der Waals surface area contributed by atoms with Gasteiger partial charge in [-0.3, -0.25) is 0 Å². The second-order valence-corrected chi connectivity index (χ2v) is 6.56. The fraction of sp³-hybridized carbons (Fsp3) is 1.00. The van der Waals surface area contributed by atoms with Gasteiger partial charge in [0.15, 0.2) is 0 Å². The first-order valence-electron chi connectivity index (χ1n) is 2.00. The average molecular weight is 644 g/mol. The molecule has 0 saturated carbocycles. The van der Waals surface area contributed by atoms with E-state index >= 15 is 0 Å². The normalized spacial score (nSPS) is 7.33. The van der Waals surface area contributed by atoms with Crippen LogP contribution in [0.3, 0.4) is 0 Å². The predicted octanol–water partition coefficient (Wildman–Crippen LogP) is 1.30. The molecule has 6 heavy (non-hydrogen) atoms. The minimum absolute atomic E-state index is 0. The van der Waals surface area contributed by atoms with Crippen molar-refractivity contribution in [1.29, 1.82) is 0 Å². The molecule has 0 atom stereocenters. The van der Waals surface area contributed by atoms with E-state index in [1.165, 1.54) is 0 Å². The first-order valence-corrected chi connectivity index (χ1v) is 9.77. The molecule has 0 unspecified atom stereocenters. The first-order chi connectivity index (χ1) is 2.41. The van der Waals surface area contributed by atoms with Crippen LogP contribution in [-0.2, 0) is 79.9 Å². The quantitative estimate of drug-likeness (QED) is 0.399. The topological polar surface area (TPSA) is 0 Å². The van der Waals surface area contributed by atoms with Gasteiger partial charge in [-0.1, -0.05) is 0 Å². The predicted molar refractivity (Wildman–Crippen MR) is 14.2 cm³/mol. The van der Waals surface area contributed by atoms with Gasteiger partial charge in [0.05, 0.1) is 0 Å². The molecule has 0 heterocycles. The minimum atomic E-state index is 0. The van der Waals surface area contributed by atoms with Crippen molar-refractivity contribution in [1.82, 2.24) is 0 Å². The van der Waals surface area contributed by atoms with Gasteiger partial charge >= 0.3 is 66.5 Å². The van der Waals surface area contributed by atoms with Gasteiger partial charge in [-0.15, -0.1) is 0 Å². The van der Waals surface area contributed by atoms with Crippen molar-refractivity contribution >= 4 is 0 Å². The molecule has 0 aromatic carbocycles. The van der Waals surface area contributed by atoms with Crippen LogP contribution in [0.25, 0.3) is 0 Å². The zero-order chi connectivity index (χ0) is 4.12. The van der Waals surface area contributed by atoms with Gasteiger partial charge in [0.2, 0.25) is 0 Å². The van der Waals surface area contributed by atoms with Crippen LogP contribution in [0.2, 0.25) is 7.86 Å². The van der Waals surface area contributed by atoms with Gasteiger partial charge in [0.25, 0.3) is 0 Å². The number of hydrogen-bond acceptors (Lipinski definition) is 0. The molecular formula is C3H6Hg3. The molecule has 0 N–H and O–H groups in total. The van der Waals surface area contributed by atoms with Crippen molar-refractivity contribution in [2.75, 3.05) is 0 Å². The third kappa shape index (κ3) is 9.93. The number of rotatable bonds is 2. The standard InChI is InChI=1S/C3H6.3Hg/c1-3-2;;;/h1-3H2;;;. The molecule has 0 spiro atoms. The molecule has 0 fully saturated rings. The van der Waals surface area contributed by atoms with Crippen molar-refractivity contribution in [2.24, 2.45) is 0 Å². The van der Waals surface area contributed by atoms with E-state index in [1.54, 1.807) is 14.3 Å². The van der Waals surface area contributed by atoms with E-state index < -0.39 is 0 Å². The Morgan fingerprint density at radius 1 is 1.00 bits per heavy atom. The molecule has 0 nitrogen and oxygen atoms in total. The number of hydrogen-bond donors (Lipinski definition) is 0. The Bertz CT molecular complexity index is 13.5. The Kier molecular flexibility index (Phi) is 20.7. The van der Waals surface area contributed by atoms with Crippen molar-refractivity contribution in [3.05, 3.63) is 0 Å². The van der Waals surface area contributed by atoms with Crippen molar-refractivity contribution in [3.63, 3.8) is 0 Å². The van der Waals surface area contributed by atoms with E-state index in [9.17, 15) is 0 Å². The van der Waals surface area contributed by atoms with Crippen LogP contribution in [0.5, 0.6) is 0 Å². The van der Waals surface area contributed by atoms with Crippen LogP contribution in [0.15, 0.2) is 0 Å². The molecule has 0 aromatic rings. The van der Waals surface area contributed by atoms with Gasteiger partial charge in [-0.25, -0.2) is 0 Å². The first kappa shape index (κ1) is 11.6. The molecule has 0 saturated heterocycles. The summed E-state index contributed by atoms with van der Waals surface area (Å²) in [7, 11) is 0. The summed E-state index contributed by atoms with van der Waals surface area (Å²) in [6.45, 7) is 0. The average Bonchev–Trinajstić information content (AvgIpc) is 1.41. The molecule has 0 aromatic heterocycles. The summed E-state index contributed by atoms with van der Waals surface area (Å²) in [6.07, 6.45) is 1.56. The van der Waals surface area contributed by atoms with Crippen LogP contribution in [0.1, 0.15) is 6.42 Å². The van der Waals surface area contributed by atoms with Crippen molar-refractivity contribution in [3.8, 4) is 0 Å². The molecule has 0 rings (SSSR count). The van der Waals surface area contributed by atoms with Crippen molar-refractivity contribution < 1.29 is 79.9 Å². The zero-order valence-electron chi connectivity index (χ0n) is 4.24. The monoisotopic (exact) mass is 648 g/mol. The fourth-order valence-corrected chi connectivity index (χ4v) is 13.6. The van der Waals surface area contributed by atoms with Gasteiger partial charge in [-0.05, 0) is 0 Å². The summed E-state index contributed by atoms with van der Waals surface area (Å²) in [4.78, 5) is 0. The Morgan fingerprint density at radius 3 is 1.33 bits per heavy atom. The summed E-state index contributed by atoms with van der Waals surface area (Å²) < 4.78 is 3.17. The molecule has 0 bridgehead atoms. The van der Waals surface area contributed by atoms with E-state index in [0.29, 0.717) is 0 Å². The summed E-state index contributed by atoms with van der Waals surface area (Å²) in [5, 5.41) is 0. The summed E-state index contributed by atoms with van der Waals surface area (Å²) in [5.74, 6) is 0. The molecule has 0 radical (unpaired) electrons. The van der Waals surface area contributed by atoms with Crippen LogP contribution >= 0.6 is 0 Å². The molecular weight excluding hydrogens is 638 g/mol. The molecule has 0 amide bonds. The van der Waals surface area contributed by atoms with Gasteiger partial charge < -0.3 is 0 Å². The molecule has 0 aliphatic carbocycles. The molecule has 3 heteroatoms. The van der Waals surface area contributed by atoms with E-state index in [4.69, 9.17) is 0 Å². The maximum absolute atomic E-state index is 1.59. The fourth-order valence-electron chi connectivity index (χ4n) is 0.177. The van der Waals surface area contributed by atoms with Gasteiger partial charge in [0, 0.05) is 27.7 Å². The summed E-state index contributed by atoms with van der Waals surface area (Å²) >= 11 is 2.21. The summed E-state index contributed by atoms with van der Waals surface area (Å²) in [5.41, 5.74) is 0. The van der Waals surface area contributed by atoms with Gasteiger partial charge in [0.1, 0.15) is 0 Å². The second-order valence-electron chi connectivity index (χ2n) is 1.06. The molecule has 24 valence electrons. The van der Waals surface area contributed by atoms with Gasteiger partial charge in [-0.2, -0.15) is 0 Å². The van der Waals surface area contributed by atoms with Crippen LogP contribution in [0, 0.1) is 0 Å². The van der Waals surface area contributed by atoms with Crippen LogP contribution < -0.4 is 0 Å². The second kappa shape index (κ2) is 10.7. The Hall–Kier alpha value is 2.81. The third-order valence-corrected chi connectivity index (χ3v) is 4.39. The Labute approximate surface area is 92.3 Å². The van der Waals surface area contributed by atoms with Crippen molar-refractivity contribution in [2.45, 2.75) is 14.3 Å². The Balaban J connectivity index is 0. The molecule has 0 aliphatic heterocycles. The van der Waals surface area contributed by atoms with Crippen LogP contribution in [-0.4, -0.2) is 0 Å². The SMILES string of the molecule is [Hg].[Hg][CH2]C[CH2][Hg]. The van der Waals surface area contributed by atoms with E-state index in [2.05, 4.69) is 0 Å². The maximum atomic E-state index is 1.59. The zero-order valence-corrected chi connectivity index (χ0v) is 20.7. The Morgan fingerprint density at radius 2 is 1.33 bits per heavy atom. The molecule has 0 aliphatic rings. The van der Waals surface area contributed by atoms with E-state index in [1.807, 2.05) is 0 Å². The summed E-state index contributed by atoms with van der Waals surface area (Å²) in [6, 6.07) is 0. The van der Waals surface area contributed by atoms with E-state index in [-0.39, 0.29) is 27.7 Å². The van der Waals surface area contributed by atoms with Crippen LogP contribution in [0.4, 0.5) is 0 Å². The third-order valence-electron chi connectivity index (χ3n) is 0.500. The van der Waals surface area contributed by atoms with E-state index in [0.717, 1.165) is 52.2 Å².